The van der Waals surface area contributed by atoms with Crippen LogP contribution in [-0.2, 0) is 6.18 Å². The van der Waals surface area contributed by atoms with Gasteiger partial charge in [-0.2, -0.15) is 18.4 Å². The summed E-state index contributed by atoms with van der Waals surface area (Å²) in [6, 6.07) is 0.905. The van der Waals surface area contributed by atoms with E-state index in [0.717, 1.165) is 11.8 Å². The number of rotatable bonds is 2. The van der Waals surface area contributed by atoms with Gasteiger partial charge in [0.1, 0.15) is 5.02 Å². The number of nitriles is 1. The lowest BCUT2D eigenvalue weighted by molar-refractivity contribution is -0.384. The molecule has 6 nitrogen and oxygen atoms in total. The monoisotopic (exact) mass is 338 g/mol. The summed E-state index contributed by atoms with van der Waals surface area (Å²) in [6.45, 7) is 0. The minimum Gasteiger partial charge on any atom is -0.271 e. The molecule has 11 heteroatoms. The second-order valence-corrected chi connectivity index (χ2v) is 4.61. The predicted octanol–water partition coefficient (Wildman–Crippen LogP) is 3.69. The van der Waals surface area contributed by atoms with Crippen molar-refractivity contribution in [1.29, 1.82) is 5.26 Å². The largest absolute Gasteiger partial charge is 0.416 e. The first-order chi connectivity index (χ1) is 9.70. The van der Waals surface area contributed by atoms with Gasteiger partial charge in [-0.1, -0.05) is 23.4 Å². The molecule has 0 unspecified atom stereocenters. The van der Waals surface area contributed by atoms with Crippen LogP contribution in [0.3, 0.4) is 0 Å². The van der Waals surface area contributed by atoms with E-state index in [-0.39, 0.29) is 5.17 Å². The molecular formula is C10H6ClF3N4O2S. The van der Waals surface area contributed by atoms with Crippen molar-refractivity contribution in [3.8, 4) is 6.19 Å². The predicted molar refractivity (Wildman–Crippen MR) is 72.5 cm³/mol. The minimum absolute atomic E-state index is 0.0481. The van der Waals surface area contributed by atoms with Gasteiger partial charge in [0.25, 0.3) is 5.69 Å². The van der Waals surface area contributed by atoms with Crippen molar-refractivity contribution in [2.45, 2.75) is 6.18 Å². The molecule has 0 spiro atoms. The Morgan fingerprint density at radius 1 is 1.57 bits per heavy atom. The molecule has 0 fully saturated rings. The highest BCUT2D eigenvalue weighted by atomic mass is 35.5. The van der Waals surface area contributed by atoms with Crippen molar-refractivity contribution in [3.63, 3.8) is 0 Å². The number of hydrogen-bond acceptors (Lipinski definition) is 5. The van der Waals surface area contributed by atoms with Crippen LogP contribution in [-0.4, -0.2) is 16.3 Å². The maximum Gasteiger partial charge on any atom is 0.416 e. The van der Waals surface area contributed by atoms with Crippen LogP contribution in [0.5, 0.6) is 0 Å². The second-order valence-electron chi connectivity index (χ2n) is 3.44. The average Bonchev–Trinajstić information content (AvgIpc) is 2.38. The second kappa shape index (κ2) is 6.64. The molecule has 1 rings (SSSR count). The van der Waals surface area contributed by atoms with Crippen LogP contribution >= 0.6 is 23.4 Å². The van der Waals surface area contributed by atoms with E-state index in [1.165, 1.54) is 12.4 Å². The summed E-state index contributed by atoms with van der Waals surface area (Å²) < 4.78 is 38.2. The topological polar surface area (TPSA) is 91.3 Å². The minimum atomic E-state index is -4.79. The molecule has 112 valence electrons. The Balaban J connectivity index is 3.54. The van der Waals surface area contributed by atoms with E-state index in [9.17, 15) is 23.3 Å². The zero-order valence-corrected chi connectivity index (χ0v) is 11.8. The number of halogens is 4. The fraction of sp³-hybridized carbons (Fsp3) is 0.200. The van der Waals surface area contributed by atoms with Crippen LogP contribution in [0.4, 0.5) is 24.5 Å². The van der Waals surface area contributed by atoms with E-state index < -0.39 is 33.1 Å². The number of amidine groups is 1. The third kappa shape index (κ3) is 4.24. The Labute approximate surface area is 125 Å². The van der Waals surface area contributed by atoms with Gasteiger partial charge in [0.05, 0.1) is 16.2 Å². The van der Waals surface area contributed by atoms with E-state index in [4.69, 9.17) is 16.9 Å². The summed E-state index contributed by atoms with van der Waals surface area (Å²) in [5.41, 5.74) is -2.62. The fourth-order valence-electron chi connectivity index (χ4n) is 1.25. The molecule has 1 aromatic carbocycles. The molecule has 0 saturated heterocycles. The summed E-state index contributed by atoms with van der Waals surface area (Å²) >= 11 is 6.62. The Bertz CT molecular complexity index is 642. The van der Waals surface area contributed by atoms with Crippen molar-refractivity contribution >= 4 is 39.9 Å². The summed E-state index contributed by atoms with van der Waals surface area (Å²) in [5, 5.41) is 20.8. The van der Waals surface area contributed by atoms with Crippen molar-refractivity contribution in [2.75, 3.05) is 6.26 Å². The number of thioether (sulfide) groups is 1. The molecule has 0 aliphatic rings. The van der Waals surface area contributed by atoms with Crippen molar-refractivity contribution in [1.82, 2.24) is 5.32 Å². The molecule has 0 atom stereocenters. The van der Waals surface area contributed by atoms with Crippen molar-refractivity contribution in [3.05, 3.63) is 32.8 Å². The third-order valence-corrected chi connectivity index (χ3v) is 3.10. The summed E-state index contributed by atoms with van der Waals surface area (Å²) in [6.07, 6.45) is -1.74. The standard InChI is InChI=1S/C10H6ClF3N4O2S/c1-21-9(16-4-15)17-6-2-5(10(12,13)14)3-7(8(6)11)18(19)20/h2-3H,1H3,(H,16,17). The molecule has 0 aromatic heterocycles. The van der Waals surface area contributed by atoms with Gasteiger partial charge < -0.3 is 0 Å². The zero-order chi connectivity index (χ0) is 16.2. The van der Waals surface area contributed by atoms with Gasteiger partial charge in [0.15, 0.2) is 11.4 Å². The quantitative estimate of drug-likeness (QED) is 0.222. The molecule has 0 bridgehead atoms. The first kappa shape index (κ1) is 17.1. The number of nitrogens with zero attached hydrogens (tertiary/aromatic N) is 3. The third-order valence-electron chi connectivity index (χ3n) is 2.14. The average molecular weight is 339 g/mol. The van der Waals surface area contributed by atoms with Gasteiger partial charge in [-0.05, 0) is 12.3 Å². The van der Waals surface area contributed by atoms with E-state index in [1.54, 1.807) is 0 Å². The van der Waals surface area contributed by atoms with E-state index >= 15 is 0 Å². The van der Waals surface area contributed by atoms with E-state index in [1.807, 2.05) is 0 Å². The number of alkyl halides is 3. The smallest absolute Gasteiger partial charge is 0.271 e. The number of hydrogen-bond donors (Lipinski definition) is 1. The molecule has 0 radical (unpaired) electrons. The molecule has 0 aliphatic carbocycles. The van der Waals surface area contributed by atoms with Crippen molar-refractivity contribution in [2.24, 2.45) is 4.99 Å². The Kier molecular flexibility index (Phi) is 5.40. The highest BCUT2D eigenvalue weighted by molar-refractivity contribution is 8.13. The van der Waals surface area contributed by atoms with Gasteiger partial charge in [0.2, 0.25) is 0 Å². The molecule has 0 heterocycles. The lowest BCUT2D eigenvalue weighted by Crippen LogP contribution is -2.12. The van der Waals surface area contributed by atoms with Crippen LogP contribution in [0.25, 0.3) is 0 Å². The highest BCUT2D eigenvalue weighted by Crippen LogP contribution is 2.41. The molecule has 21 heavy (non-hydrogen) atoms. The fourth-order valence-corrected chi connectivity index (χ4v) is 1.81. The molecule has 0 aliphatic heterocycles. The van der Waals surface area contributed by atoms with E-state index in [2.05, 4.69) is 10.3 Å². The highest BCUT2D eigenvalue weighted by Gasteiger charge is 2.34. The van der Waals surface area contributed by atoms with Crippen molar-refractivity contribution < 1.29 is 18.1 Å². The lowest BCUT2D eigenvalue weighted by Gasteiger charge is -2.09. The van der Waals surface area contributed by atoms with Gasteiger partial charge in [0, 0.05) is 6.07 Å². The van der Waals surface area contributed by atoms with Crippen LogP contribution in [0.2, 0.25) is 5.02 Å². The van der Waals surface area contributed by atoms with Crippen LogP contribution in [0.1, 0.15) is 5.56 Å². The molecule has 0 saturated carbocycles. The Morgan fingerprint density at radius 3 is 2.62 bits per heavy atom. The Morgan fingerprint density at radius 2 is 2.19 bits per heavy atom. The molecule has 1 aromatic rings. The van der Waals surface area contributed by atoms with E-state index in [0.29, 0.717) is 12.1 Å². The Hall–Kier alpha value is -1.99. The van der Waals surface area contributed by atoms with Crippen LogP contribution in [0, 0.1) is 21.6 Å². The number of aliphatic imine (C=N–C) groups is 1. The van der Waals surface area contributed by atoms with Gasteiger partial charge in [-0.15, -0.1) is 0 Å². The first-order valence-corrected chi connectivity index (χ1v) is 6.64. The number of nitro groups is 1. The van der Waals surface area contributed by atoms with Gasteiger partial charge >= 0.3 is 6.18 Å². The maximum absolute atomic E-state index is 12.7. The SMILES string of the molecule is CSC(=Nc1cc(C(F)(F)F)cc([N+](=O)[O-])c1Cl)NC#N. The summed E-state index contributed by atoms with van der Waals surface area (Å²) in [4.78, 5) is 13.4. The number of benzene rings is 1. The maximum atomic E-state index is 12.7. The van der Waals surface area contributed by atoms with Crippen LogP contribution in [0.15, 0.2) is 17.1 Å². The van der Waals surface area contributed by atoms with Gasteiger partial charge in [-0.25, -0.2) is 4.99 Å². The van der Waals surface area contributed by atoms with Gasteiger partial charge in [-0.3, -0.25) is 15.4 Å². The molecule has 0 amide bonds. The van der Waals surface area contributed by atoms with Crippen LogP contribution < -0.4 is 5.32 Å². The summed E-state index contributed by atoms with van der Waals surface area (Å²) in [5.74, 6) is 0. The first-order valence-electron chi connectivity index (χ1n) is 5.03. The molecule has 1 N–H and O–H groups in total. The zero-order valence-electron chi connectivity index (χ0n) is 10.2. The normalized spacial score (nSPS) is 11.9. The number of nitro benzene ring substituents is 1. The molecular weight excluding hydrogens is 333 g/mol. The number of nitrogens with one attached hydrogen (secondary N) is 1. The lowest BCUT2D eigenvalue weighted by atomic mass is 10.1. The summed E-state index contributed by atoms with van der Waals surface area (Å²) in [7, 11) is 0.